The fourth-order valence-corrected chi connectivity index (χ4v) is 4.79. The highest BCUT2D eigenvalue weighted by atomic mass is 79.9. The van der Waals surface area contributed by atoms with Crippen molar-refractivity contribution in [3.8, 4) is 5.75 Å². The Morgan fingerprint density at radius 2 is 1.79 bits per heavy atom. The van der Waals surface area contributed by atoms with Gasteiger partial charge in [-0.25, -0.2) is 13.8 Å². The molecular formula is C23H21BrClN3O4S. The minimum Gasteiger partial charge on any atom is -0.495 e. The molecule has 0 aliphatic heterocycles. The minimum atomic E-state index is -4.07. The summed E-state index contributed by atoms with van der Waals surface area (Å²) >= 11 is 9.56. The molecule has 0 spiro atoms. The molecule has 0 aliphatic carbocycles. The molecule has 0 atom stereocenters. The number of hydrogen-bond donors (Lipinski definition) is 1. The first-order valence-corrected chi connectivity index (χ1v) is 12.3. The van der Waals surface area contributed by atoms with Crippen LogP contribution in [0.15, 0.2) is 81.2 Å². The molecule has 0 heterocycles. The van der Waals surface area contributed by atoms with Gasteiger partial charge in [-0.3, -0.25) is 9.10 Å². The van der Waals surface area contributed by atoms with E-state index in [0.717, 1.165) is 19.9 Å². The highest BCUT2D eigenvalue weighted by Gasteiger charge is 2.27. The molecule has 0 unspecified atom stereocenters. The van der Waals surface area contributed by atoms with Gasteiger partial charge < -0.3 is 4.74 Å². The molecule has 3 rings (SSSR count). The molecule has 0 aliphatic rings. The summed E-state index contributed by atoms with van der Waals surface area (Å²) in [6.45, 7) is 1.35. The number of anilines is 1. The zero-order valence-corrected chi connectivity index (χ0v) is 21.0. The van der Waals surface area contributed by atoms with E-state index in [1.54, 1.807) is 18.2 Å². The molecule has 10 heteroatoms. The quantitative estimate of drug-likeness (QED) is 0.323. The lowest BCUT2D eigenvalue weighted by Gasteiger charge is -2.24. The number of benzene rings is 3. The first-order chi connectivity index (χ1) is 15.7. The van der Waals surface area contributed by atoms with Crippen molar-refractivity contribution < 1.29 is 17.9 Å². The second-order valence-electron chi connectivity index (χ2n) is 6.99. The second-order valence-corrected chi connectivity index (χ2v) is 10.2. The van der Waals surface area contributed by atoms with E-state index < -0.39 is 22.5 Å². The van der Waals surface area contributed by atoms with Crippen LogP contribution in [0, 0.1) is 6.92 Å². The van der Waals surface area contributed by atoms with Crippen LogP contribution in [0.3, 0.4) is 0 Å². The van der Waals surface area contributed by atoms with Crippen molar-refractivity contribution in [2.45, 2.75) is 11.8 Å². The van der Waals surface area contributed by atoms with E-state index in [-0.39, 0.29) is 15.6 Å². The molecule has 0 radical (unpaired) electrons. The van der Waals surface area contributed by atoms with Gasteiger partial charge in [0.25, 0.3) is 15.9 Å². The zero-order chi connectivity index (χ0) is 24.0. The predicted molar refractivity (Wildman–Crippen MR) is 134 cm³/mol. The number of carbonyl (C=O) groups is 1. The Morgan fingerprint density at radius 3 is 2.39 bits per heavy atom. The molecule has 3 aromatic carbocycles. The molecule has 3 aromatic rings. The number of carbonyl (C=O) groups excluding carboxylic acids is 1. The van der Waals surface area contributed by atoms with Gasteiger partial charge in [-0.15, -0.1) is 0 Å². The van der Waals surface area contributed by atoms with Gasteiger partial charge in [0.2, 0.25) is 0 Å². The summed E-state index contributed by atoms with van der Waals surface area (Å²) in [5, 5.41) is 4.14. The van der Waals surface area contributed by atoms with Crippen molar-refractivity contribution in [2.75, 3.05) is 18.0 Å². The van der Waals surface area contributed by atoms with E-state index >= 15 is 0 Å². The number of rotatable bonds is 8. The number of sulfonamides is 1. The molecule has 0 fully saturated rings. The number of amides is 1. The molecular weight excluding hydrogens is 530 g/mol. The number of aryl methyl sites for hydroxylation is 1. The van der Waals surface area contributed by atoms with E-state index in [0.29, 0.717) is 5.75 Å². The number of ether oxygens (including phenoxy) is 1. The summed E-state index contributed by atoms with van der Waals surface area (Å²) < 4.78 is 33.8. The van der Waals surface area contributed by atoms with Crippen molar-refractivity contribution >= 4 is 55.4 Å². The molecule has 0 aromatic heterocycles. The molecule has 33 heavy (non-hydrogen) atoms. The smallest absolute Gasteiger partial charge is 0.264 e. The summed E-state index contributed by atoms with van der Waals surface area (Å²) in [4.78, 5) is 12.7. The van der Waals surface area contributed by atoms with E-state index in [9.17, 15) is 13.2 Å². The molecule has 0 saturated heterocycles. The van der Waals surface area contributed by atoms with Crippen molar-refractivity contribution in [1.82, 2.24) is 5.43 Å². The van der Waals surface area contributed by atoms with Gasteiger partial charge >= 0.3 is 0 Å². The van der Waals surface area contributed by atoms with Gasteiger partial charge in [-0.05, 0) is 55.0 Å². The number of methoxy groups -OCH3 is 1. The molecule has 1 N–H and O–H groups in total. The maximum atomic E-state index is 13.4. The fourth-order valence-electron chi connectivity index (χ4n) is 2.86. The van der Waals surface area contributed by atoms with Crippen LogP contribution < -0.4 is 14.5 Å². The number of nitrogens with zero attached hydrogens (tertiary/aromatic N) is 2. The molecule has 7 nitrogen and oxygen atoms in total. The van der Waals surface area contributed by atoms with Gasteiger partial charge in [0.1, 0.15) is 12.3 Å². The third-order valence-electron chi connectivity index (χ3n) is 4.59. The summed E-state index contributed by atoms with van der Waals surface area (Å²) in [5.41, 5.74) is 4.27. The monoisotopic (exact) mass is 549 g/mol. The topological polar surface area (TPSA) is 88.1 Å². The Hall–Kier alpha value is -2.88. The number of hydrazone groups is 1. The van der Waals surface area contributed by atoms with Crippen LogP contribution in [0.5, 0.6) is 5.75 Å². The minimum absolute atomic E-state index is 0.0474. The average Bonchev–Trinajstić information content (AvgIpc) is 2.79. The van der Waals surface area contributed by atoms with E-state index in [1.165, 1.54) is 37.6 Å². The number of hydrogen-bond acceptors (Lipinski definition) is 5. The van der Waals surface area contributed by atoms with Gasteiger partial charge in [0.05, 0.1) is 28.9 Å². The maximum Gasteiger partial charge on any atom is 0.264 e. The van der Waals surface area contributed by atoms with Crippen LogP contribution in [0.4, 0.5) is 5.69 Å². The van der Waals surface area contributed by atoms with Gasteiger partial charge in [0.15, 0.2) is 0 Å². The van der Waals surface area contributed by atoms with Crippen LogP contribution in [-0.4, -0.2) is 34.2 Å². The Kier molecular flexibility index (Phi) is 8.12. The van der Waals surface area contributed by atoms with Crippen molar-refractivity contribution in [3.05, 3.63) is 87.4 Å². The number of nitrogens with one attached hydrogen (secondary N) is 1. The standard InChI is InChI=1S/C23H21BrClN3O4S/c1-16-3-10-20(11-4-16)33(30,31)28(19-9-12-22(32-2)21(25)13-19)15-23(29)27-26-14-17-5-7-18(24)8-6-17/h3-14H,15H2,1-2H3,(H,27,29)/b26-14-. The van der Waals surface area contributed by atoms with Crippen LogP contribution in [0.1, 0.15) is 11.1 Å². The predicted octanol–water partition coefficient (Wildman–Crippen LogP) is 4.77. The lowest BCUT2D eigenvalue weighted by atomic mass is 10.2. The SMILES string of the molecule is COc1ccc(N(CC(=O)N/N=C\c2ccc(Br)cc2)S(=O)(=O)c2ccc(C)cc2)cc1Cl. The maximum absolute atomic E-state index is 13.4. The Morgan fingerprint density at radius 1 is 1.12 bits per heavy atom. The van der Waals surface area contributed by atoms with Gasteiger partial charge in [-0.1, -0.05) is 57.4 Å². The van der Waals surface area contributed by atoms with Crippen LogP contribution in [0.25, 0.3) is 0 Å². The van der Waals surface area contributed by atoms with E-state index in [1.807, 2.05) is 31.2 Å². The first kappa shape index (κ1) is 24.8. The second kappa shape index (κ2) is 10.8. The van der Waals surface area contributed by atoms with Crippen molar-refractivity contribution in [1.29, 1.82) is 0 Å². The Bertz CT molecular complexity index is 1260. The van der Waals surface area contributed by atoms with E-state index in [4.69, 9.17) is 16.3 Å². The largest absolute Gasteiger partial charge is 0.495 e. The van der Waals surface area contributed by atoms with Crippen molar-refractivity contribution in [2.24, 2.45) is 5.10 Å². The summed E-state index contributed by atoms with van der Waals surface area (Å²) in [6.07, 6.45) is 1.47. The fraction of sp³-hybridized carbons (Fsp3) is 0.130. The molecule has 0 bridgehead atoms. The third-order valence-corrected chi connectivity index (χ3v) is 7.20. The van der Waals surface area contributed by atoms with Crippen molar-refractivity contribution in [3.63, 3.8) is 0 Å². The molecule has 172 valence electrons. The van der Waals surface area contributed by atoms with Crippen LogP contribution in [0.2, 0.25) is 5.02 Å². The van der Waals surface area contributed by atoms with Crippen LogP contribution in [-0.2, 0) is 14.8 Å². The Labute approximate surface area is 206 Å². The highest BCUT2D eigenvalue weighted by molar-refractivity contribution is 9.10. The lowest BCUT2D eigenvalue weighted by molar-refractivity contribution is -0.119. The average molecular weight is 551 g/mol. The molecule has 1 amide bonds. The first-order valence-electron chi connectivity index (χ1n) is 9.71. The lowest BCUT2D eigenvalue weighted by Crippen LogP contribution is -2.39. The van der Waals surface area contributed by atoms with Crippen LogP contribution >= 0.6 is 27.5 Å². The zero-order valence-electron chi connectivity index (χ0n) is 17.8. The summed E-state index contributed by atoms with van der Waals surface area (Å²) in [6, 6.07) is 18.2. The van der Waals surface area contributed by atoms with Gasteiger partial charge in [0, 0.05) is 4.47 Å². The van der Waals surface area contributed by atoms with Gasteiger partial charge in [-0.2, -0.15) is 5.10 Å². The number of halogens is 2. The van der Waals surface area contributed by atoms with E-state index in [2.05, 4.69) is 26.5 Å². The third kappa shape index (κ3) is 6.34. The Balaban J connectivity index is 1.88. The normalized spacial score (nSPS) is 11.4. The summed E-state index contributed by atoms with van der Waals surface area (Å²) in [5.74, 6) is -0.234. The summed E-state index contributed by atoms with van der Waals surface area (Å²) in [7, 11) is -2.61. The molecule has 0 saturated carbocycles. The highest BCUT2D eigenvalue weighted by Crippen LogP contribution is 2.32.